The minimum absolute atomic E-state index is 0.0691. The molecule has 2 rings (SSSR count). The van der Waals surface area contributed by atoms with Crippen molar-refractivity contribution < 1.29 is 27.5 Å². The lowest BCUT2D eigenvalue weighted by atomic mass is 9.87. The standard InChI is InChI=1S/C20H27F3N2O3/c1-19(2,3)15-6-8-16(9-7-15)28-14-4-5-17(26)24-10-12-25(13-11-24)18(27)20(21,22)23/h6-9H,4-5,10-14H2,1-3H3. The van der Waals surface area contributed by atoms with E-state index in [2.05, 4.69) is 20.8 Å². The average Bonchev–Trinajstić information content (AvgIpc) is 2.63. The van der Waals surface area contributed by atoms with Crippen LogP contribution in [0, 0.1) is 0 Å². The van der Waals surface area contributed by atoms with Crippen LogP contribution in [0.25, 0.3) is 0 Å². The monoisotopic (exact) mass is 400 g/mol. The summed E-state index contributed by atoms with van der Waals surface area (Å²) in [6.07, 6.45) is -4.09. The average molecular weight is 400 g/mol. The minimum atomic E-state index is -4.87. The van der Waals surface area contributed by atoms with E-state index in [4.69, 9.17) is 4.74 Å². The number of halogens is 3. The molecule has 2 amide bonds. The molecule has 0 bridgehead atoms. The first-order chi connectivity index (χ1) is 13.0. The molecule has 5 nitrogen and oxygen atoms in total. The summed E-state index contributed by atoms with van der Waals surface area (Å²) in [6, 6.07) is 7.84. The first-order valence-electron chi connectivity index (χ1n) is 9.36. The Labute approximate surface area is 163 Å². The highest BCUT2D eigenvalue weighted by atomic mass is 19.4. The molecule has 0 N–H and O–H groups in total. The molecule has 0 radical (unpaired) electrons. The van der Waals surface area contributed by atoms with E-state index < -0.39 is 12.1 Å². The van der Waals surface area contributed by atoms with Crippen LogP contribution >= 0.6 is 0 Å². The summed E-state index contributed by atoms with van der Waals surface area (Å²) >= 11 is 0. The lowest BCUT2D eigenvalue weighted by Gasteiger charge is -2.35. The summed E-state index contributed by atoms with van der Waals surface area (Å²) in [7, 11) is 0. The van der Waals surface area contributed by atoms with Crippen LogP contribution in [0.5, 0.6) is 5.75 Å². The summed E-state index contributed by atoms with van der Waals surface area (Å²) in [4.78, 5) is 25.6. The van der Waals surface area contributed by atoms with Crippen molar-refractivity contribution in [3.63, 3.8) is 0 Å². The molecule has 8 heteroatoms. The number of hydrogen-bond donors (Lipinski definition) is 0. The normalized spacial score (nSPS) is 15.5. The van der Waals surface area contributed by atoms with Crippen molar-refractivity contribution in [2.75, 3.05) is 32.8 Å². The van der Waals surface area contributed by atoms with Crippen LogP contribution in [0.3, 0.4) is 0 Å². The summed E-state index contributed by atoms with van der Waals surface area (Å²) < 4.78 is 42.9. The summed E-state index contributed by atoms with van der Waals surface area (Å²) in [5.74, 6) is -1.24. The maximum atomic E-state index is 12.4. The van der Waals surface area contributed by atoms with Crippen molar-refractivity contribution in [2.45, 2.75) is 45.2 Å². The van der Waals surface area contributed by atoms with Crippen LogP contribution in [0.4, 0.5) is 13.2 Å². The SMILES string of the molecule is CC(C)(C)c1ccc(OCCCC(=O)N2CCN(C(=O)C(F)(F)F)CC2)cc1. The van der Waals surface area contributed by atoms with E-state index in [1.165, 1.54) is 10.5 Å². The maximum Gasteiger partial charge on any atom is 0.471 e. The molecule has 0 aliphatic carbocycles. The van der Waals surface area contributed by atoms with Crippen LogP contribution in [-0.2, 0) is 15.0 Å². The van der Waals surface area contributed by atoms with Crippen molar-refractivity contribution in [2.24, 2.45) is 0 Å². The zero-order valence-electron chi connectivity index (χ0n) is 16.5. The van der Waals surface area contributed by atoms with Gasteiger partial charge >= 0.3 is 12.1 Å². The van der Waals surface area contributed by atoms with Gasteiger partial charge in [0.25, 0.3) is 0 Å². The molecule has 1 aliphatic heterocycles. The van der Waals surface area contributed by atoms with Crippen molar-refractivity contribution in [1.82, 2.24) is 9.80 Å². The molecule has 28 heavy (non-hydrogen) atoms. The van der Waals surface area contributed by atoms with Gasteiger partial charge in [-0.25, -0.2) is 0 Å². The van der Waals surface area contributed by atoms with Crippen LogP contribution in [-0.4, -0.2) is 60.6 Å². The maximum absolute atomic E-state index is 12.4. The van der Waals surface area contributed by atoms with Crippen molar-refractivity contribution in [1.29, 1.82) is 0 Å². The summed E-state index contributed by atoms with van der Waals surface area (Å²) in [5.41, 5.74) is 1.28. The van der Waals surface area contributed by atoms with Gasteiger partial charge in [0.05, 0.1) is 6.61 Å². The molecule has 1 aromatic rings. The van der Waals surface area contributed by atoms with Crippen LogP contribution in [0.2, 0.25) is 0 Å². The van der Waals surface area contributed by atoms with Gasteiger partial charge in [0.1, 0.15) is 5.75 Å². The van der Waals surface area contributed by atoms with E-state index in [0.29, 0.717) is 13.0 Å². The fourth-order valence-electron chi connectivity index (χ4n) is 2.96. The third-order valence-electron chi connectivity index (χ3n) is 4.69. The Balaban J connectivity index is 1.69. The molecular weight excluding hydrogens is 373 g/mol. The Kier molecular flexibility index (Phi) is 6.96. The highest BCUT2D eigenvalue weighted by molar-refractivity contribution is 5.82. The number of piperazine rings is 1. The number of rotatable bonds is 5. The predicted molar refractivity (Wildman–Crippen MR) is 99.1 cm³/mol. The molecule has 0 unspecified atom stereocenters. The third kappa shape index (κ3) is 6.14. The Morgan fingerprint density at radius 2 is 1.50 bits per heavy atom. The molecule has 0 atom stereocenters. The molecule has 1 aliphatic rings. The second-order valence-electron chi connectivity index (χ2n) is 7.90. The van der Waals surface area contributed by atoms with E-state index in [1.54, 1.807) is 0 Å². The molecule has 1 aromatic carbocycles. The Bertz CT molecular complexity index is 673. The number of carbonyl (C=O) groups is 2. The number of ether oxygens (including phenoxy) is 1. The van der Waals surface area contributed by atoms with Gasteiger partial charge in [0, 0.05) is 32.6 Å². The number of nitrogens with zero attached hydrogens (tertiary/aromatic N) is 2. The first kappa shape index (κ1) is 22.0. The van der Waals surface area contributed by atoms with Gasteiger partial charge in [-0.05, 0) is 29.5 Å². The quantitative estimate of drug-likeness (QED) is 0.712. The summed E-state index contributed by atoms with van der Waals surface area (Å²) in [5, 5.41) is 0. The molecule has 156 valence electrons. The zero-order valence-corrected chi connectivity index (χ0v) is 16.5. The van der Waals surface area contributed by atoms with Crippen LogP contribution in [0.15, 0.2) is 24.3 Å². The summed E-state index contributed by atoms with van der Waals surface area (Å²) in [6.45, 7) is 6.83. The number of benzene rings is 1. The van der Waals surface area contributed by atoms with Gasteiger partial charge in [-0.1, -0.05) is 32.9 Å². The Morgan fingerprint density at radius 3 is 2.00 bits per heavy atom. The fourth-order valence-corrected chi connectivity index (χ4v) is 2.96. The van der Waals surface area contributed by atoms with E-state index >= 15 is 0 Å². The fraction of sp³-hybridized carbons (Fsp3) is 0.600. The van der Waals surface area contributed by atoms with E-state index in [9.17, 15) is 22.8 Å². The second kappa shape index (κ2) is 8.84. The van der Waals surface area contributed by atoms with Gasteiger partial charge < -0.3 is 14.5 Å². The smallest absolute Gasteiger partial charge is 0.471 e. The molecule has 0 spiro atoms. The number of carbonyl (C=O) groups excluding carboxylic acids is 2. The number of alkyl halides is 3. The zero-order chi connectivity index (χ0) is 20.9. The largest absolute Gasteiger partial charge is 0.494 e. The van der Waals surface area contributed by atoms with Gasteiger partial charge in [-0.2, -0.15) is 13.2 Å². The molecule has 1 fully saturated rings. The number of amides is 2. The van der Waals surface area contributed by atoms with Crippen molar-refractivity contribution in [3.05, 3.63) is 29.8 Å². The molecule has 1 saturated heterocycles. The lowest BCUT2D eigenvalue weighted by molar-refractivity contribution is -0.187. The Morgan fingerprint density at radius 1 is 0.964 bits per heavy atom. The predicted octanol–water partition coefficient (Wildman–Crippen LogP) is 3.38. The lowest BCUT2D eigenvalue weighted by Crippen LogP contribution is -2.53. The topological polar surface area (TPSA) is 49.9 Å². The highest BCUT2D eigenvalue weighted by Gasteiger charge is 2.43. The molecule has 0 saturated carbocycles. The van der Waals surface area contributed by atoms with Gasteiger partial charge in [-0.3, -0.25) is 9.59 Å². The first-order valence-corrected chi connectivity index (χ1v) is 9.36. The highest BCUT2D eigenvalue weighted by Crippen LogP contribution is 2.24. The van der Waals surface area contributed by atoms with E-state index in [-0.39, 0.29) is 43.9 Å². The van der Waals surface area contributed by atoms with Crippen molar-refractivity contribution in [3.8, 4) is 5.75 Å². The molecule has 0 aromatic heterocycles. The van der Waals surface area contributed by atoms with Crippen molar-refractivity contribution >= 4 is 11.8 Å². The van der Waals surface area contributed by atoms with Gasteiger partial charge in [-0.15, -0.1) is 0 Å². The number of hydrogen-bond acceptors (Lipinski definition) is 3. The van der Waals surface area contributed by atoms with Crippen LogP contribution in [0.1, 0.15) is 39.2 Å². The molecule has 1 heterocycles. The van der Waals surface area contributed by atoms with E-state index in [0.717, 1.165) is 10.6 Å². The second-order valence-corrected chi connectivity index (χ2v) is 7.90. The Hall–Kier alpha value is -2.25. The van der Waals surface area contributed by atoms with E-state index in [1.807, 2.05) is 24.3 Å². The van der Waals surface area contributed by atoms with Gasteiger partial charge in [0.2, 0.25) is 5.91 Å². The molecular formula is C20H27F3N2O3. The van der Waals surface area contributed by atoms with Crippen LogP contribution < -0.4 is 4.74 Å². The third-order valence-corrected chi connectivity index (χ3v) is 4.69. The van der Waals surface area contributed by atoms with Gasteiger partial charge in [0.15, 0.2) is 0 Å². The minimum Gasteiger partial charge on any atom is -0.494 e.